The molecule has 3 rings (SSSR count). The van der Waals surface area contributed by atoms with E-state index in [0.717, 1.165) is 0 Å². The fraction of sp³-hybridized carbons (Fsp3) is 0.524. The highest BCUT2D eigenvalue weighted by atomic mass is 32.1. The van der Waals surface area contributed by atoms with Gasteiger partial charge in [0.15, 0.2) is 6.61 Å². The van der Waals surface area contributed by atoms with Gasteiger partial charge in [0.2, 0.25) is 0 Å². The van der Waals surface area contributed by atoms with Crippen LogP contribution in [-0.4, -0.2) is 87.0 Å². The van der Waals surface area contributed by atoms with Crippen molar-refractivity contribution < 1.29 is 28.2 Å². The molecule has 12 heteroatoms. The van der Waals surface area contributed by atoms with Gasteiger partial charge in [-0.1, -0.05) is 19.1 Å². The molecule has 0 radical (unpaired) electrons. The fourth-order valence-corrected chi connectivity index (χ4v) is 3.68. The van der Waals surface area contributed by atoms with Crippen LogP contribution in [0.5, 0.6) is 0 Å². The maximum Gasteiger partial charge on any atom is 0.414 e. The minimum Gasteiger partial charge on any atom is -0.442 e. The van der Waals surface area contributed by atoms with Crippen LogP contribution in [0.2, 0.25) is 0 Å². The molecule has 0 aliphatic carbocycles. The van der Waals surface area contributed by atoms with Gasteiger partial charge < -0.3 is 29.9 Å². The van der Waals surface area contributed by atoms with Crippen molar-refractivity contribution >= 4 is 46.7 Å². The molecule has 2 saturated heterocycles. The lowest BCUT2D eigenvalue weighted by Crippen LogP contribution is -2.50. The van der Waals surface area contributed by atoms with Crippen molar-refractivity contribution in [3.05, 3.63) is 24.0 Å². The van der Waals surface area contributed by atoms with Crippen LogP contribution in [0.15, 0.2) is 18.2 Å². The summed E-state index contributed by atoms with van der Waals surface area (Å²) < 4.78 is 25.0. The normalized spacial score (nSPS) is 18.1. The second kappa shape index (κ2) is 11.1. The Kier molecular flexibility index (Phi) is 8.26. The maximum absolute atomic E-state index is 14.9. The number of hydrogen-bond donors (Lipinski definition) is 2. The number of nitrogens with zero attached hydrogens (tertiary/aromatic N) is 3. The Morgan fingerprint density at radius 3 is 2.64 bits per heavy atom. The largest absolute Gasteiger partial charge is 0.442 e. The molecule has 0 spiro atoms. The van der Waals surface area contributed by atoms with E-state index in [1.54, 1.807) is 17.0 Å². The van der Waals surface area contributed by atoms with Gasteiger partial charge in [-0.3, -0.25) is 9.69 Å². The van der Waals surface area contributed by atoms with Crippen LogP contribution in [-0.2, 0) is 14.3 Å². The van der Waals surface area contributed by atoms with E-state index in [2.05, 4.69) is 10.6 Å². The van der Waals surface area contributed by atoms with Gasteiger partial charge in [-0.25, -0.2) is 14.0 Å². The molecule has 2 N–H and O–H groups in total. The first kappa shape index (κ1) is 24.5. The number of alkyl carbamates (subject to hydrolysis) is 1. The second-order valence-electron chi connectivity index (χ2n) is 7.60. The van der Waals surface area contributed by atoms with E-state index in [9.17, 15) is 18.8 Å². The Hall–Kier alpha value is -3.15. The highest BCUT2D eigenvalue weighted by Crippen LogP contribution is 2.28. The summed E-state index contributed by atoms with van der Waals surface area (Å²) in [7, 11) is 1.41. The predicted molar refractivity (Wildman–Crippen MR) is 124 cm³/mol. The lowest BCUT2D eigenvalue weighted by atomic mass is 10.2. The summed E-state index contributed by atoms with van der Waals surface area (Å²) in [5, 5.41) is 5.33. The van der Waals surface area contributed by atoms with Crippen molar-refractivity contribution in [2.24, 2.45) is 0 Å². The van der Waals surface area contributed by atoms with E-state index in [1.165, 1.54) is 18.0 Å². The summed E-state index contributed by atoms with van der Waals surface area (Å²) in [6, 6.07) is 4.63. The van der Waals surface area contributed by atoms with Crippen LogP contribution in [0.1, 0.15) is 13.3 Å². The quantitative estimate of drug-likeness (QED) is 0.565. The Bertz CT molecular complexity index is 909. The monoisotopic (exact) mass is 481 g/mol. The molecule has 2 heterocycles. The fourth-order valence-electron chi connectivity index (χ4n) is 3.60. The standard InChI is InChI=1S/C21H28FN5O5S/c1-3-18(33)24-11-15-12-27(21(30)32-15)14-4-5-17(16(22)10-14)25-6-8-26(9-7-25)19(28)13-31-20(29)23-2/h4-5,10,15H,3,6-9,11-13H2,1-2H3,(H,23,29)(H,24,33). The molecule has 3 amide bonds. The Balaban J connectivity index is 1.55. The summed E-state index contributed by atoms with van der Waals surface area (Å²) in [6.07, 6.45) is -0.860. The lowest BCUT2D eigenvalue weighted by molar-refractivity contribution is -0.134. The highest BCUT2D eigenvalue weighted by Gasteiger charge is 2.33. The van der Waals surface area contributed by atoms with Gasteiger partial charge >= 0.3 is 12.2 Å². The number of ether oxygens (including phenoxy) is 2. The van der Waals surface area contributed by atoms with Gasteiger partial charge in [-0.2, -0.15) is 0 Å². The van der Waals surface area contributed by atoms with E-state index < -0.39 is 18.0 Å². The number of benzene rings is 1. The first-order chi connectivity index (χ1) is 15.8. The molecule has 2 aliphatic heterocycles. The van der Waals surface area contributed by atoms with Crippen molar-refractivity contribution in [3.63, 3.8) is 0 Å². The zero-order valence-corrected chi connectivity index (χ0v) is 19.5. The third kappa shape index (κ3) is 6.21. The molecule has 1 atom stereocenters. The zero-order chi connectivity index (χ0) is 24.0. The third-order valence-corrected chi connectivity index (χ3v) is 5.90. The maximum atomic E-state index is 14.9. The van der Waals surface area contributed by atoms with Crippen molar-refractivity contribution in [2.45, 2.75) is 19.4 Å². The van der Waals surface area contributed by atoms with Gasteiger partial charge in [0.25, 0.3) is 5.91 Å². The number of hydrogen-bond acceptors (Lipinski definition) is 7. The van der Waals surface area contributed by atoms with Gasteiger partial charge in [-0.05, 0) is 24.6 Å². The Morgan fingerprint density at radius 1 is 1.27 bits per heavy atom. The first-order valence-electron chi connectivity index (χ1n) is 10.7. The molecule has 0 saturated carbocycles. The summed E-state index contributed by atoms with van der Waals surface area (Å²) >= 11 is 5.12. The molecule has 1 aromatic carbocycles. The van der Waals surface area contributed by atoms with Crippen molar-refractivity contribution in [1.29, 1.82) is 0 Å². The number of carbonyl (C=O) groups is 3. The smallest absolute Gasteiger partial charge is 0.414 e. The molecule has 1 aromatic rings. The first-order valence-corrected chi connectivity index (χ1v) is 11.1. The second-order valence-corrected chi connectivity index (χ2v) is 8.10. The number of halogens is 1. The SMILES string of the molecule is CCC(=S)NCC1CN(c2ccc(N3CCN(C(=O)COC(=O)NC)CC3)c(F)c2)C(=O)O1. The topological polar surface area (TPSA) is 103 Å². The predicted octanol–water partition coefficient (Wildman–Crippen LogP) is 1.48. The Labute approximate surface area is 197 Å². The van der Waals surface area contributed by atoms with Crippen LogP contribution >= 0.6 is 12.2 Å². The van der Waals surface area contributed by atoms with E-state index >= 15 is 0 Å². The van der Waals surface area contributed by atoms with Crippen molar-refractivity contribution in [3.8, 4) is 0 Å². The average molecular weight is 482 g/mol. The number of anilines is 2. The summed E-state index contributed by atoms with van der Waals surface area (Å²) in [4.78, 5) is 41.0. The summed E-state index contributed by atoms with van der Waals surface area (Å²) in [5.74, 6) is -0.762. The zero-order valence-electron chi connectivity index (χ0n) is 18.6. The molecule has 33 heavy (non-hydrogen) atoms. The van der Waals surface area contributed by atoms with Crippen LogP contribution in [0.25, 0.3) is 0 Å². The van der Waals surface area contributed by atoms with Crippen LogP contribution in [0.4, 0.5) is 25.4 Å². The van der Waals surface area contributed by atoms with Crippen LogP contribution in [0, 0.1) is 5.82 Å². The minimum absolute atomic E-state index is 0.301. The third-order valence-electron chi connectivity index (χ3n) is 5.47. The van der Waals surface area contributed by atoms with E-state index in [-0.39, 0.29) is 18.6 Å². The van der Waals surface area contributed by atoms with E-state index in [1.807, 2.05) is 11.8 Å². The lowest BCUT2D eigenvalue weighted by Gasteiger charge is -2.36. The molecule has 2 aliphatic rings. The van der Waals surface area contributed by atoms with Crippen LogP contribution < -0.4 is 20.4 Å². The number of carbonyl (C=O) groups excluding carboxylic acids is 3. The number of nitrogens with one attached hydrogen (secondary N) is 2. The van der Waals surface area contributed by atoms with E-state index in [4.69, 9.17) is 21.7 Å². The number of thiocarbonyl (C=S) groups is 1. The van der Waals surface area contributed by atoms with Gasteiger partial charge in [0.05, 0.1) is 29.5 Å². The van der Waals surface area contributed by atoms with Crippen molar-refractivity contribution in [1.82, 2.24) is 15.5 Å². The van der Waals surface area contributed by atoms with Gasteiger partial charge in [-0.15, -0.1) is 0 Å². The van der Waals surface area contributed by atoms with E-state index in [0.29, 0.717) is 62.1 Å². The molecule has 1 unspecified atom stereocenters. The number of amides is 3. The molecular weight excluding hydrogens is 453 g/mol. The highest BCUT2D eigenvalue weighted by molar-refractivity contribution is 7.80. The average Bonchev–Trinajstić information content (AvgIpc) is 3.21. The molecule has 180 valence electrons. The Morgan fingerprint density at radius 2 is 2.00 bits per heavy atom. The van der Waals surface area contributed by atoms with Gasteiger partial charge in [0.1, 0.15) is 11.9 Å². The summed E-state index contributed by atoms with van der Waals surface area (Å²) in [6.45, 7) is 3.93. The number of piperazine rings is 1. The number of rotatable bonds is 7. The molecular formula is C21H28FN5O5S. The minimum atomic E-state index is -0.668. The molecule has 2 fully saturated rings. The molecule has 0 bridgehead atoms. The molecule has 0 aromatic heterocycles. The van der Waals surface area contributed by atoms with Gasteiger partial charge in [0, 0.05) is 33.2 Å². The van der Waals surface area contributed by atoms with Crippen LogP contribution in [0.3, 0.4) is 0 Å². The van der Waals surface area contributed by atoms with Crippen molar-refractivity contribution in [2.75, 3.05) is 62.7 Å². The number of cyclic esters (lactones) is 1. The summed E-state index contributed by atoms with van der Waals surface area (Å²) in [5.41, 5.74) is 0.813. The molecule has 10 nitrogen and oxygen atoms in total.